The Bertz CT molecular complexity index is 851. The average molecular weight is 347 g/mol. The summed E-state index contributed by atoms with van der Waals surface area (Å²) in [6.07, 6.45) is 0.385. The Hall–Kier alpha value is -2.27. The maximum atomic E-state index is 14.1. The van der Waals surface area contributed by atoms with E-state index >= 15 is 0 Å². The van der Waals surface area contributed by atoms with Gasteiger partial charge in [-0.15, -0.1) is 0 Å². The summed E-state index contributed by atoms with van der Waals surface area (Å²) in [6, 6.07) is 13.6. The van der Waals surface area contributed by atoms with Crippen LogP contribution in [-0.4, -0.2) is 17.7 Å². The largest absolute Gasteiger partial charge is 0.313 e. The van der Waals surface area contributed by atoms with Crippen molar-refractivity contribution in [3.63, 3.8) is 0 Å². The van der Waals surface area contributed by atoms with E-state index in [1.807, 2.05) is 0 Å². The maximum Gasteiger partial charge on any atom is 0.268 e. The lowest BCUT2D eigenvalue weighted by atomic mass is 10.1. The predicted octanol–water partition coefficient (Wildman–Crippen LogP) is 4.09. The molecule has 4 rings (SSSR count). The summed E-state index contributed by atoms with van der Waals surface area (Å²) in [5, 5.41) is 3.13. The fraction of sp³-hybridized carbons (Fsp3) is 0.222. The second-order valence-corrected chi connectivity index (χ2v) is 6.47. The van der Waals surface area contributed by atoms with Crippen LogP contribution in [0.1, 0.15) is 17.0 Å². The fourth-order valence-corrected chi connectivity index (χ4v) is 3.38. The Labute approximate surface area is 142 Å². The molecule has 2 unspecified atom stereocenters. The van der Waals surface area contributed by atoms with Gasteiger partial charge in [0.25, 0.3) is 5.92 Å². The first-order valence-electron chi connectivity index (χ1n) is 7.56. The van der Waals surface area contributed by atoms with Crippen LogP contribution in [0.4, 0.5) is 14.5 Å². The van der Waals surface area contributed by atoms with Gasteiger partial charge in [0.05, 0.1) is 11.6 Å². The number of hydrogen-bond acceptors (Lipinski definition) is 2. The van der Waals surface area contributed by atoms with Crippen molar-refractivity contribution >= 4 is 29.0 Å². The van der Waals surface area contributed by atoms with Crippen LogP contribution in [0.25, 0.3) is 0 Å². The molecule has 1 fully saturated rings. The lowest BCUT2D eigenvalue weighted by Crippen LogP contribution is -2.33. The van der Waals surface area contributed by atoms with Crippen LogP contribution in [0.2, 0.25) is 5.02 Å². The Morgan fingerprint density at radius 2 is 1.96 bits per heavy atom. The van der Waals surface area contributed by atoms with Crippen LogP contribution in [0, 0.1) is 5.92 Å². The number of rotatable bonds is 2. The van der Waals surface area contributed by atoms with Gasteiger partial charge in [0, 0.05) is 11.4 Å². The highest BCUT2D eigenvalue weighted by Gasteiger charge is 2.72. The first-order chi connectivity index (χ1) is 11.5. The third kappa shape index (κ3) is 2.49. The van der Waals surface area contributed by atoms with E-state index in [1.165, 1.54) is 0 Å². The molecule has 1 aliphatic carbocycles. The first-order valence-corrected chi connectivity index (χ1v) is 7.94. The van der Waals surface area contributed by atoms with Crippen molar-refractivity contribution in [2.24, 2.45) is 10.9 Å². The van der Waals surface area contributed by atoms with E-state index in [2.05, 4.69) is 10.3 Å². The molecule has 0 bridgehead atoms. The van der Waals surface area contributed by atoms with Crippen molar-refractivity contribution in [1.82, 2.24) is 5.32 Å². The summed E-state index contributed by atoms with van der Waals surface area (Å²) in [7, 11) is 0. The van der Waals surface area contributed by atoms with Crippen molar-refractivity contribution in [3.8, 4) is 0 Å². The highest BCUT2D eigenvalue weighted by molar-refractivity contribution is 6.30. The Balaban J connectivity index is 1.48. The van der Waals surface area contributed by atoms with Gasteiger partial charge in [-0.3, -0.25) is 4.79 Å². The highest BCUT2D eigenvalue weighted by Crippen LogP contribution is 2.61. The lowest BCUT2D eigenvalue weighted by Gasteiger charge is -2.03. The zero-order chi connectivity index (χ0) is 16.9. The van der Waals surface area contributed by atoms with Crippen molar-refractivity contribution in [1.29, 1.82) is 0 Å². The third-order valence-corrected chi connectivity index (χ3v) is 4.65. The number of amidine groups is 1. The van der Waals surface area contributed by atoms with Gasteiger partial charge < -0.3 is 5.32 Å². The Morgan fingerprint density at radius 1 is 1.21 bits per heavy atom. The molecule has 3 nitrogen and oxygen atoms in total. The average Bonchev–Trinajstić information content (AvgIpc) is 2.92. The van der Waals surface area contributed by atoms with E-state index in [1.54, 1.807) is 48.5 Å². The second kappa shape index (κ2) is 5.38. The molecule has 24 heavy (non-hydrogen) atoms. The number of carbonyl (C=O) groups is 1. The topological polar surface area (TPSA) is 41.5 Å². The number of carbonyl (C=O) groups excluding carboxylic acids is 1. The highest BCUT2D eigenvalue weighted by atomic mass is 35.5. The molecular formula is C18H13ClF2N2O. The van der Waals surface area contributed by atoms with Gasteiger partial charge in [0.2, 0.25) is 5.91 Å². The molecule has 122 valence electrons. The maximum absolute atomic E-state index is 14.1. The number of hydrogen-bond donors (Lipinski definition) is 1. The predicted molar refractivity (Wildman–Crippen MR) is 88.0 cm³/mol. The molecular weight excluding hydrogens is 334 g/mol. The number of nitrogens with zero attached hydrogens (tertiary/aromatic N) is 1. The van der Waals surface area contributed by atoms with Gasteiger partial charge in [-0.05, 0) is 29.3 Å². The number of nitrogens with one attached hydrogen (secondary N) is 1. The van der Waals surface area contributed by atoms with E-state index < -0.39 is 23.7 Å². The normalized spacial score (nSPS) is 23.4. The third-order valence-electron chi connectivity index (χ3n) is 4.42. The smallest absolute Gasteiger partial charge is 0.268 e. The van der Waals surface area contributed by atoms with Gasteiger partial charge in [-0.25, -0.2) is 13.8 Å². The minimum absolute atomic E-state index is 0.381. The van der Waals surface area contributed by atoms with Crippen LogP contribution in [-0.2, 0) is 11.2 Å². The molecule has 1 saturated carbocycles. The van der Waals surface area contributed by atoms with Crippen LogP contribution in [0.15, 0.2) is 53.5 Å². The van der Waals surface area contributed by atoms with E-state index in [0.29, 0.717) is 28.5 Å². The van der Waals surface area contributed by atoms with E-state index in [9.17, 15) is 13.6 Å². The molecule has 1 amide bonds. The van der Waals surface area contributed by atoms with Gasteiger partial charge in [-0.2, -0.15) is 0 Å². The van der Waals surface area contributed by atoms with Gasteiger partial charge in [0.15, 0.2) is 0 Å². The van der Waals surface area contributed by atoms with Crippen LogP contribution >= 0.6 is 11.6 Å². The summed E-state index contributed by atoms with van der Waals surface area (Å²) < 4.78 is 28.1. The van der Waals surface area contributed by atoms with Crippen molar-refractivity contribution in [3.05, 3.63) is 64.7 Å². The number of aliphatic imine (C=N–C) groups is 1. The molecule has 2 atom stereocenters. The van der Waals surface area contributed by atoms with Crippen molar-refractivity contribution < 1.29 is 13.6 Å². The van der Waals surface area contributed by atoms with E-state index in [0.717, 1.165) is 5.56 Å². The number of halogens is 3. The minimum Gasteiger partial charge on any atom is -0.313 e. The molecule has 2 aromatic rings. The monoisotopic (exact) mass is 346 g/mol. The van der Waals surface area contributed by atoms with Crippen LogP contribution in [0.5, 0.6) is 0 Å². The summed E-state index contributed by atoms with van der Waals surface area (Å²) in [5.74, 6) is -5.76. The number of benzene rings is 2. The van der Waals surface area contributed by atoms with Gasteiger partial charge >= 0.3 is 0 Å². The second-order valence-electron chi connectivity index (χ2n) is 6.04. The molecule has 1 aliphatic heterocycles. The number of amides is 1. The molecule has 1 heterocycles. The SMILES string of the molecule is O=C(NC1=Nc2ccc(Cl)cc2C1)C1C(c2ccccc2)C1(F)F. The minimum atomic E-state index is -3.03. The molecule has 0 saturated heterocycles. The van der Waals surface area contributed by atoms with Crippen LogP contribution < -0.4 is 5.32 Å². The quantitative estimate of drug-likeness (QED) is 0.874. The first kappa shape index (κ1) is 15.3. The summed E-state index contributed by atoms with van der Waals surface area (Å²) in [5.41, 5.74) is 2.06. The molecule has 0 aromatic heterocycles. The van der Waals surface area contributed by atoms with E-state index in [4.69, 9.17) is 11.6 Å². The standard InChI is InChI=1S/C18H13ClF2N2O/c19-12-6-7-13-11(8-12)9-14(22-13)23-17(24)16-15(18(16,20)21)10-4-2-1-3-5-10/h1-8,15-16H,9H2,(H,22,23,24). The Morgan fingerprint density at radius 3 is 2.71 bits per heavy atom. The molecule has 2 aliphatic rings. The summed E-state index contributed by atoms with van der Waals surface area (Å²) >= 11 is 5.92. The molecule has 0 spiro atoms. The summed E-state index contributed by atoms with van der Waals surface area (Å²) in [6.45, 7) is 0. The zero-order valence-electron chi connectivity index (χ0n) is 12.5. The molecule has 1 N–H and O–H groups in total. The summed E-state index contributed by atoms with van der Waals surface area (Å²) in [4.78, 5) is 16.6. The zero-order valence-corrected chi connectivity index (χ0v) is 13.2. The molecule has 6 heteroatoms. The number of fused-ring (bicyclic) bond motifs is 1. The lowest BCUT2D eigenvalue weighted by molar-refractivity contribution is -0.123. The molecule has 0 radical (unpaired) electrons. The molecule has 2 aromatic carbocycles. The van der Waals surface area contributed by atoms with E-state index in [-0.39, 0.29) is 0 Å². The Kier molecular flexibility index (Phi) is 3.42. The van der Waals surface area contributed by atoms with Crippen molar-refractivity contribution in [2.45, 2.75) is 18.3 Å². The fourth-order valence-electron chi connectivity index (χ4n) is 3.19. The van der Waals surface area contributed by atoms with Gasteiger partial charge in [-0.1, -0.05) is 41.9 Å². The van der Waals surface area contributed by atoms with Crippen LogP contribution in [0.3, 0.4) is 0 Å². The van der Waals surface area contributed by atoms with Crippen molar-refractivity contribution in [2.75, 3.05) is 0 Å². The van der Waals surface area contributed by atoms with Gasteiger partial charge in [0.1, 0.15) is 11.8 Å². The number of alkyl halides is 2.